The molecule has 1 aromatic carbocycles. The fourth-order valence-corrected chi connectivity index (χ4v) is 1.47. The largest absolute Gasteiger partial charge is 0.392 e. The van der Waals surface area contributed by atoms with Crippen LogP contribution in [0.1, 0.15) is 16.7 Å². The number of benzene rings is 1. The summed E-state index contributed by atoms with van der Waals surface area (Å²) in [4.78, 5) is 0. The van der Waals surface area contributed by atoms with Crippen LogP contribution in [0, 0.1) is 0 Å². The summed E-state index contributed by atoms with van der Waals surface area (Å²) in [5, 5.41) is 8.88. The van der Waals surface area contributed by atoms with E-state index < -0.39 is 0 Å². The van der Waals surface area contributed by atoms with E-state index in [1.807, 2.05) is 12.1 Å². The topological polar surface area (TPSA) is 20.2 Å². The van der Waals surface area contributed by atoms with Gasteiger partial charge in [0.15, 0.2) is 0 Å². The highest BCUT2D eigenvalue weighted by Crippen LogP contribution is 2.25. The molecule has 10 heavy (non-hydrogen) atoms. The molecule has 0 heterocycles. The van der Waals surface area contributed by atoms with Gasteiger partial charge in [0, 0.05) is 0 Å². The van der Waals surface area contributed by atoms with Crippen molar-refractivity contribution < 1.29 is 5.11 Å². The molecule has 1 N–H and O–H groups in total. The maximum atomic E-state index is 8.88. The van der Waals surface area contributed by atoms with E-state index in [-0.39, 0.29) is 6.61 Å². The summed E-state index contributed by atoms with van der Waals surface area (Å²) in [6, 6.07) is 6.15. The van der Waals surface area contributed by atoms with E-state index in [0.29, 0.717) is 0 Å². The molecule has 0 amide bonds. The fraction of sp³-hybridized carbons (Fsp3) is 0.333. The molecule has 0 unspecified atom stereocenters. The summed E-state index contributed by atoms with van der Waals surface area (Å²) in [5.74, 6) is 0. The highest BCUT2D eigenvalue weighted by molar-refractivity contribution is 5.41. The van der Waals surface area contributed by atoms with Gasteiger partial charge in [-0.3, -0.25) is 0 Å². The van der Waals surface area contributed by atoms with Gasteiger partial charge in [0.1, 0.15) is 0 Å². The number of aliphatic hydroxyl groups excluding tert-OH is 1. The summed E-state index contributed by atoms with van der Waals surface area (Å²) in [5.41, 5.74) is 3.92. The Morgan fingerprint density at radius 2 is 2.20 bits per heavy atom. The van der Waals surface area contributed by atoms with Crippen molar-refractivity contribution in [2.45, 2.75) is 19.4 Å². The van der Waals surface area contributed by atoms with Gasteiger partial charge in [0.25, 0.3) is 0 Å². The number of aryl methyl sites for hydroxylation is 1. The zero-order chi connectivity index (χ0) is 6.97. The number of rotatable bonds is 1. The third-order valence-corrected chi connectivity index (χ3v) is 2.18. The quantitative estimate of drug-likeness (QED) is 0.613. The van der Waals surface area contributed by atoms with Crippen LogP contribution < -0.4 is 0 Å². The molecular weight excluding hydrogens is 124 g/mol. The third kappa shape index (κ3) is 0.673. The molecule has 0 spiro atoms. The van der Waals surface area contributed by atoms with E-state index in [1.54, 1.807) is 0 Å². The Labute approximate surface area is 60.3 Å². The summed E-state index contributed by atoms with van der Waals surface area (Å²) >= 11 is 0. The van der Waals surface area contributed by atoms with Crippen molar-refractivity contribution in [3.05, 3.63) is 34.9 Å². The zero-order valence-corrected chi connectivity index (χ0v) is 5.80. The molecular formula is C9H10O. The lowest BCUT2D eigenvalue weighted by Gasteiger charge is -2.21. The van der Waals surface area contributed by atoms with Crippen LogP contribution in [0.2, 0.25) is 0 Å². The predicted molar refractivity (Wildman–Crippen MR) is 39.8 cm³/mol. The van der Waals surface area contributed by atoms with Crippen LogP contribution >= 0.6 is 0 Å². The van der Waals surface area contributed by atoms with Gasteiger partial charge in [0.05, 0.1) is 6.61 Å². The van der Waals surface area contributed by atoms with E-state index in [4.69, 9.17) is 5.11 Å². The van der Waals surface area contributed by atoms with Crippen molar-refractivity contribution in [2.75, 3.05) is 0 Å². The van der Waals surface area contributed by atoms with E-state index in [2.05, 4.69) is 6.07 Å². The van der Waals surface area contributed by atoms with E-state index in [1.165, 1.54) is 17.5 Å². The number of hydrogen-bond donors (Lipinski definition) is 1. The monoisotopic (exact) mass is 134 g/mol. The van der Waals surface area contributed by atoms with Crippen LogP contribution in [-0.4, -0.2) is 5.11 Å². The first-order valence-corrected chi connectivity index (χ1v) is 3.62. The highest BCUT2D eigenvalue weighted by Gasteiger charge is 2.14. The first kappa shape index (κ1) is 5.93. The van der Waals surface area contributed by atoms with Gasteiger partial charge in [-0.25, -0.2) is 0 Å². The minimum atomic E-state index is 0.198. The lowest BCUT2D eigenvalue weighted by molar-refractivity contribution is 0.279. The number of fused-ring (bicyclic) bond motifs is 1. The minimum Gasteiger partial charge on any atom is -0.392 e. The van der Waals surface area contributed by atoms with Crippen LogP contribution in [-0.2, 0) is 19.4 Å². The predicted octanol–water partition coefficient (Wildman–Crippen LogP) is 1.28. The van der Waals surface area contributed by atoms with Gasteiger partial charge in [0.2, 0.25) is 0 Å². The van der Waals surface area contributed by atoms with Crippen LogP contribution in [0.3, 0.4) is 0 Å². The van der Waals surface area contributed by atoms with Gasteiger partial charge in [-0.1, -0.05) is 18.2 Å². The second-order valence-electron chi connectivity index (χ2n) is 2.71. The molecule has 52 valence electrons. The van der Waals surface area contributed by atoms with Gasteiger partial charge in [-0.2, -0.15) is 0 Å². The Morgan fingerprint density at radius 1 is 1.30 bits per heavy atom. The summed E-state index contributed by atoms with van der Waals surface area (Å²) < 4.78 is 0. The standard InChI is InChI=1S/C9H10O/c10-6-8-3-1-2-7-4-5-9(7)8/h1-3,10H,4-6H2. The summed E-state index contributed by atoms with van der Waals surface area (Å²) in [7, 11) is 0. The number of aliphatic hydroxyl groups is 1. The second-order valence-corrected chi connectivity index (χ2v) is 2.71. The lowest BCUT2D eigenvalue weighted by Crippen LogP contribution is -2.11. The SMILES string of the molecule is OCc1cccc2c1CC2. The lowest BCUT2D eigenvalue weighted by atomic mass is 9.85. The van der Waals surface area contributed by atoms with Crippen molar-refractivity contribution in [1.82, 2.24) is 0 Å². The average Bonchev–Trinajstić information content (AvgIpc) is 1.91. The minimum absolute atomic E-state index is 0.198. The molecule has 1 nitrogen and oxygen atoms in total. The van der Waals surface area contributed by atoms with Crippen LogP contribution in [0.5, 0.6) is 0 Å². The molecule has 0 saturated carbocycles. The molecule has 0 bridgehead atoms. The normalized spacial score (nSPS) is 14.1. The Hall–Kier alpha value is -0.820. The second kappa shape index (κ2) is 2.10. The maximum Gasteiger partial charge on any atom is 0.0684 e. The Balaban J connectivity index is 2.51. The van der Waals surface area contributed by atoms with Crippen molar-refractivity contribution in [2.24, 2.45) is 0 Å². The van der Waals surface area contributed by atoms with Crippen molar-refractivity contribution in [1.29, 1.82) is 0 Å². The zero-order valence-electron chi connectivity index (χ0n) is 5.80. The maximum absolute atomic E-state index is 8.88. The number of hydrogen-bond acceptors (Lipinski definition) is 1. The molecule has 0 saturated heterocycles. The highest BCUT2D eigenvalue weighted by atomic mass is 16.3. The molecule has 1 aliphatic rings. The molecule has 2 rings (SSSR count). The Kier molecular flexibility index (Phi) is 1.24. The summed E-state index contributed by atoms with van der Waals surface area (Å²) in [6.45, 7) is 0.198. The van der Waals surface area contributed by atoms with Gasteiger partial charge in [-0.15, -0.1) is 0 Å². The first-order valence-electron chi connectivity index (χ1n) is 3.62. The fourth-order valence-electron chi connectivity index (χ4n) is 1.47. The molecule has 0 radical (unpaired) electrons. The molecule has 0 aliphatic heterocycles. The average molecular weight is 134 g/mol. The van der Waals surface area contributed by atoms with E-state index in [0.717, 1.165) is 12.0 Å². The van der Waals surface area contributed by atoms with Crippen molar-refractivity contribution >= 4 is 0 Å². The van der Waals surface area contributed by atoms with E-state index >= 15 is 0 Å². The van der Waals surface area contributed by atoms with Crippen LogP contribution in [0.25, 0.3) is 0 Å². The summed E-state index contributed by atoms with van der Waals surface area (Å²) in [6.07, 6.45) is 2.36. The molecule has 0 atom stereocenters. The smallest absolute Gasteiger partial charge is 0.0684 e. The molecule has 1 aliphatic carbocycles. The van der Waals surface area contributed by atoms with Crippen LogP contribution in [0.4, 0.5) is 0 Å². The van der Waals surface area contributed by atoms with E-state index in [9.17, 15) is 0 Å². The van der Waals surface area contributed by atoms with Crippen molar-refractivity contribution in [3.8, 4) is 0 Å². The molecule has 0 fully saturated rings. The molecule has 0 aromatic heterocycles. The van der Waals surface area contributed by atoms with Gasteiger partial charge < -0.3 is 5.11 Å². The molecule has 1 heteroatoms. The van der Waals surface area contributed by atoms with Gasteiger partial charge >= 0.3 is 0 Å². The Bertz CT molecular complexity index is 253. The first-order chi connectivity index (χ1) is 4.92. The third-order valence-electron chi connectivity index (χ3n) is 2.18. The molecule has 1 aromatic rings. The van der Waals surface area contributed by atoms with Gasteiger partial charge in [-0.05, 0) is 29.5 Å². The van der Waals surface area contributed by atoms with Crippen molar-refractivity contribution in [3.63, 3.8) is 0 Å². The van der Waals surface area contributed by atoms with Crippen LogP contribution in [0.15, 0.2) is 18.2 Å². The Morgan fingerprint density at radius 3 is 2.70 bits per heavy atom.